The summed E-state index contributed by atoms with van der Waals surface area (Å²) in [5.41, 5.74) is 0. The van der Waals surface area contributed by atoms with E-state index in [9.17, 15) is 8.78 Å². The van der Waals surface area contributed by atoms with Crippen molar-refractivity contribution in [1.82, 2.24) is 0 Å². The highest BCUT2D eigenvalue weighted by molar-refractivity contribution is 5.85. The molecule has 0 heterocycles. The van der Waals surface area contributed by atoms with E-state index in [-0.39, 0.29) is 12.4 Å². The van der Waals surface area contributed by atoms with Crippen LogP contribution in [0.25, 0.3) is 0 Å². The van der Waals surface area contributed by atoms with Crippen molar-refractivity contribution in [1.29, 1.82) is 0 Å². The maximum atomic E-state index is 11.9. The Hall–Kier alpha value is -0.630. The van der Waals surface area contributed by atoms with E-state index in [2.05, 4.69) is 6.07 Å². The maximum Gasteiger partial charge on any atom is 0.134 e. The molecular formula is C6H4ClF2. The molecule has 1 aromatic rings. The lowest BCUT2D eigenvalue weighted by molar-refractivity contribution is 0.582. The Morgan fingerprint density at radius 2 is 2.00 bits per heavy atom. The van der Waals surface area contributed by atoms with E-state index in [0.29, 0.717) is 0 Å². The van der Waals surface area contributed by atoms with Crippen LogP contribution in [0.2, 0.25) is 0 Å². The van der Waals surface area contributed by atoms with E-state index in [4.69, 9.17) is 0 Å². The highest BCUT2D eigenvalue weighted by Gasteiger charge is 1.89. The summed E-state index contributed by atoms with van der Waals surface area (Å²) in [6.45, 7) is 0. The Kier molecular flexibility index (Phi) is 3.17. The largest absolute Gasteiger partial charge is 0.207 e. The number of hydrogen-bond acceptors (Lipinski definition) is 0. The van der Waals surface area contributed by atoms with Gasteiger partial charge in [-0.3, -0.25) is 0 Å². The first-order valence-electron chi connectivity index (χ1n) is 2.12. The first-order valence-corrected chi connectivity index (χ1v) is 2.12. The molecule has 0 N–H and O–H groups in total. The van der Waals surface area contributed by atoms with E-state index >= 15 is 0 Å². The fourth-order valence-corrected chi connectivity index (χ4v) is 0.412. The fraction of sp³-hybridized carbons (Fsp3) is 0. The SMILES string of the molecule is Cl.Fc1[c]ccc(F)c1. The Morgan fingerprint density at radius 1 is 1.33 bits per heavy atom. The molecule has 0 nitrogen and oxygen atoms in total. The molecule has 0 unspecified atom stereocenters. The smallest absolute Gasteiger partial charge is 0.134 e. The molecule has 0 fully saturated rings. The van der Waals surface area contributed by atoms with Crippen molar-refractivity contribution in [2.24, 2.45) is 0 Å². The molecule has 0 atom stereocenters. The zero-order valence-electron chi connectivity index (χ0n) is 4.40. The molecule has 9 heavy (non-hydrogen) atoms. The van der Waals surface area contributed by atoms with Crippen LogP contribution in [0.5, 0.6) is 0 Å². The molecule has 0 spiro atoms. The first kappa shape index (κ1) is 8.37. The number of rotatable bonds is 0. The van der Waals surface area contributed by atoms with Crippen LogP contribution < -0.4 is 0 Å². The van der Waals surface area contributed by atoms with Crippen molar-refractivity contribution < 1.29 is 8.78 Å². The Bertz CT molecular complexity index is 171. The number of halogens is 3. The second-order valence-corrected chi connectivity index (χ2v) is 1.35. The third-order valence-corrected chi connectivity index (χ3v) is 0.728. The van der Waals surface area contributed by atoms with Gasteiger partial charge in [-0.15, -0.1) is 12.4 Å². The number of hydrogen-bond donors (Lipinski definition) is 0. The lowest BCUT2D eigenvalue weighted by Crippen LogP contribution is -1.74. The van der Waals surface area contributed by atoms with Crippen LogP contribution in [0.3, 0.4) is 0 Å². The molecule has 1 radical (unpaired) electrons. The zero-order chi connectivity index (χ0) is 5.98. The van der Waals surface area contributed by atoms with Crippen LogP contribution in [-0.4, -0.2) is 0 Å². The molecule has 3 heteroatoms. The normalized spacial score (nSPS) is 8.22. The molecule has 0 aliphatic heterocycles. The predicted octanol–water partition coefficient (Wildman–Crippen LogP) is 2.19. The van der Waals surface area contributed by atoms with E-state index < -0.39 is 11.6 Å². The van der Waals surface area contributed by atoms with Gasteiger partial charge in [-0.2, -0.15) is 0 Å². The highest BCUT2D eigenvalue weighted by Crippen LogP contribution is 1.98. The summed E-state index contributed by atoms with van der Waals surface area (Å²) >= 11 is 0. The van der Waals surface area contributed by atoms with Gasteiger partial charge in [0.05, 0.1) is 0 Å². The van der Waals surface area contributed by atoms with Gasteiger partial charge in [0, 0.05) is 12.1 Å². The Balaban J connectivity index is 0.000000640. The summed E-state index contributed by atoms with van der Waals surface area (Å²) in [5, 5.41) is 0. The van der Waals surface area contributed by atoms with Crippen LogP contribution in [0, 0.1) is 17.7 Å². The molecule has 0 saturated heterocycles. The molecule has 1 aromatic carbocycles. The quantitative estimate of drug-likeness (QED) is 0.531. The van der Waals surface area contributed by atoms with Crippen LogP contribution in [0.15, 0.2) is 18.2 Å². The third-order valence-electron chi connectivity index (χ3n) is 0.728. The average Bonchev–Trinajstić information content (AvgIpc) is 1.64. The van der Waals surface area contributed by atoms with Crippen LogP contribution in [0.1, 0.15) is 0 Å². The van der Waals surface area contributed by atoms with Gasteiger partial charge >= 0.3 is 0 Å². The van der Waals surface area contributed by atoms with Gasteiger partial charge in [0.15, 0.2) is 0 Å². The van der Waals surface area contributed by atoms with Gasteiger partial charge < -0.3 is 0 Å². The van der Waals surface area contributed by atoms with Crippen LogP contribution in [0.4, 0.5) is 8.78 Å². The summed E-state index contributed by atoms with van der Waals surface area (Å²) in [4.78, 5) is 0. The fourth-order valence-electron chi connectivity index (χ4n) is 0.412. The minimum absolute atomic E-state index is 0. The molecular weight excluding hydrogens is 146 g/mol. The van der Waals surface area contributed by atoms with E-state index in [1.807, 2.05) is 0 Å². The average molecular weight is 150 g/mol. The monoisotopic (exact) mass is 149 g/mol. The lowest BCUT2D eigenvalue weighted by Gasteiger charge is -1.83. The lowest BCUT2D eigenvalue weighted by atomic mass is 10.3. The van der Waals surface area contributed by atoms with Gasteiger partial charge in [0.2, 0.25) is 0 Å². The molecule has 0 aliphatic carbocycles. The zero-order valence-corrected chi connectivity index (χ0v) is 5.21. The predicted molar refractivity (Wildman–Crippen MR) is 32.4 cm³/mol. The summed E-state index contributed by atoms with van der Waals surface area (Å²) in [6.07, 6.45) is 0. The van der Waals surface area contributed by atoms with Gasteiger partial charge in [-0.1, -0.05) is 0 Å². The second kappa shape index (κ2) is 3.41. The van der Waals surface area contributed by atoms with E-state index in [1.54, 1.807) is 0 Å². The van der Waals surface area contributed by atoms with E-state index in [1.165, 1.54) is 6.07 Å². The van der Waals surface area contributed by atoms with Crippen molar-refractivity contribution in [3.8, 4) is 0 Å². The molecule has 0 amide bonds. The Morgan fingerprint density at radius 3 is 2.33 bits per heavy atom. The van der Waals surface area contributed by atoms with Crippen molar-refractivity contribution in [3.63, 3.8) is 0 Å². The van der Waals surface area contributed by atoms with Gasteiger partial charge in [0.25, 0.3) is 0 Å². The van der Waals surface area contributed by atoms with Gasteiger partial charge in [-0.25, -0.2) is 8.78 Å². The topological polar surface area (TPSA) is 0 Å². The van der Waals surface area contributed by atoms with Crippen LogP contribution >= 0.6 is 12.4 Å². The van der Waals surface area contributed by atoms with Crippen molar-refractivity contribution >= 4 is 12.4 Å². The summed E-state index contributed by atoms with van der Waals surface area (Å²) in [6, 6.07) is 5.28. The standard InChI is InChI=1S/C6H3F2.ClH/c7-5-2-1-3-6(8)4-5;/h1-2,4H;1H. The highest BCUT2D eigenvalue weighted by atomic mass is 35.5. The first-order chi connectivity index (χ1) is 3.79. The second-order valence-electron chi connectivity index (χ2n) is 1.35. The van der Waals surface area contributed by atoms with E-state index in [0.717, 1.165) is 12.1 Å². The third kappa shape index (κ3) is 2.42. The molecule has 0 aliphatic rings. The summed E-state index contributed by atoms with van der Waals surface area (Å²) in [5.74, 6) is -1.23. The molecule has 1 rings (SSSR count). The van der Waals surface area contributed by atoms with Crippen molar-refractivity contribution in [2.45, 2.75) is 0 Å². The summed E-state index contributed by atoms with van der Waals surface area (Å²) in [7, 11) is 0. The van der Waals surface area contributed by atoms with Crippen molar-refractivity contribution in [2.75, 3.05) is 0 Å². The molecule has 0 saturated carbocycles. The minimum Gasteiger partial charge on any atom is -0.207 e. The van der Waals surface area contributed by atoms with Crippen molar-refractivity contribution in [3.05, 3.63) is 35.9 Å². The van der Waals surface area contributed by atoms with Crippen LogP contribution in [-0.2, 0) is 0 Å². The molecule has 0 bridgehead atoms. The van der Waals surface area contributed by atoms with Gasteiger partial charge in [0.1, 0.15) is 11.6 Å². The Labute approximate surface area is 57.9 Å². The number of benzene rings is 1. The maximum absolute atomic E-state index is 11.9. The molecule has 49 valence electrons. The summed E-state index contributed by atoms with van der Waals surface area (Å²) < 4.78 is 23.8. The van der Waals surface area contributed by atoms with Gasteiger partial charge in [-0.05, 0) is 12.1 Å². The minimum atomic E-state index is -0.662. The molecule has 0 aromatic heterocycles.